The van der Waals surface area contributed by atoms with E-state index in [9.17, 15) is 4.79 Å². The molecule has 148 valence electrons. The second kappa shape index (κ2) is 14.1. The normalized spacial score (nSPS) is 12.1. The standard InChI is InChI=1S/C19H32N4OS.HI/c1-6-15(4)23-18(24)10-11-21-19(20-7-2)22-13-16-9-8-14(3)12-17(16)25-5;/h8-9,12,15H,6-7,10-11,13H2,1-5H3,(H,23,24)(H2,20,21,22);1H. The average Bonchev–Trinajstić information content (AvgIpc) is 2.60. The molecule has 1 amide bonds. The first-order chi connectivity index (χ1) is 12.0. The molecule has 0 heterocycles. The van der Waals surface area contributed by atoms with Crippen molar-refractivity contribution in [2.24, 2.45) is 4.99 Å². The first kappa shape index (κ1) is 25.0. The summed E-state index contributed by atoms with van der Waals surface area (Å²) in [6, 6.07) is 6.66. The van der Waals surface area contributed by atoms with Crippen molar-refractivity contribution in [2.45, 2.75) is 58.0 Å². The molecule has 0 aliphatic rings. The van der Waals surface area contributed by atoms with Gasteiger partial charge in [0.2, 0.25) is 5.91 Å². The number of rotatable bonds is 9. The number of thioether (sulfide) groups is 1. The molecule has 0 spiro atoms. The molecule has 0 radical (unpaired) electrons. The molecular formula is C19H33IN4OS. The fraction of sp³-hybridized carbons (Fsp3) is 0.579. The largest absolute Gasteiger partial charge is 0.357 e. The van der Waals surface area contributed by atoms with Gasteiger partial charge in [-0.1, -0.05) is 19.1 Å². The summed E-state index contributed by atoms with van der Waals surface area (Å²) in [7, 11) is 0. The van der Waals surface area contributed by atoms with E-state index in [1.54, 1.807) is 11.8 Å². The van der Waals surface area contributed by atoms with Crippen molar-refractivity contribution >= 4 is 47.6 Å². The van der Waals surface area contributed by atoms with E-state index in [-0.39, 0.29) is 35.9 Å². The van der Waals surface area contributed by atoms with Gasteiger partial charge in [-0.05, 0) is 50.6 Å². The van der Waals surface area contributed by atoms with Crippen LogP contribution in [0.3, 0.4) is 0 Å². The Morgan fingerprint density at radius 1 is 1.27 bits per heavy atom. The highest BCUT2D eigenvalue weighted by Crippen LogP contribution is 2.22. The van der Waals surface area contributed by atoms with Crippen molar-refractivity contribution in [1.29, 1.82) is 0 Å². The molecular weight excluding hydrogens is 459 g/mol. The number of nitrogens with one attached hydrogen (secondary N) is 3. The Bertz CT molecular complexity index is 581. The molecule has 0 fully saturated rings. The maximum Gasteiger partial charge on any atom is 0.221 e. The van der Waals surface area contributed by atoms with Crippen LogP contribution in [0.25, 0.3) is 0 Å². The molecule has 0 aromatic heterocycles. The van der Waals surface area contributed by atoms with Crippen LogP contribution in [0.4, 0.5) is 0 Å². The summed E-state index contributed by atoms with van der Waals surface area (Å²) in [6.45, 7) is 10.2. The zero-order chi connectivity index (χ0) is 18.7. The molecule has 0 saturated carbocycles. The van der Waals surface area contributed by atoms with Gasteiger partial charge in [0, 0.05) is 30.4 Å². The van der Waals surface area contributed by atoms with Crippen molar-refractivity contribution in [2.75, 3.05) is 19.3 Å². The summed E-state index contributed by atoms with van der Waals surface area (Å²) in [5.74, 6) is 0.812. The number of carbonyl (C=O) groups excluding carboxylic acids is 1. The van der Waals surface area contributed by atoms with Crippen molar-refractivity contribution in [3.63, 3.8) is 0 Å². The number of hydrogen-bond donors (Lipinski definition) is 3. The number of halogens is 1. The van der Waals surface area contributed by atoms with E-state index >= 15 is 0 Å². The van der Waals surface area contributed by atoms with Gasteiger partial charge in [0.15, 0.2) is 5.96 Å². The van der Waals surface area contributed by atoms with E-state index in [1.165, 1.54) is 16.0 Å². The third-order valence-electron chi connectivity index (χ3n) is 3.86. The zero-order valence-electron chi connectivity index (χ0n) is 16.5. The monoisotopic (exact) mass is 492 g/mol. The predicted molar refractivity (Wildman–Crippen MR) is 124 cm³/mol. The molecule has 7 heteroatoms. The van der Waals surface area contributed by atoms with Crippen LogP contribution < -0.4 is 16.0 Å². The number of guanidine groups is 1. The molecule has 1 aromatic carbocycles. The van der Waals surface area contributed by atoms with E-state index in [1.807, 2.05) is 13.8 Å². The fourth-order valence-corrected chi connectivity index (χ4v) is 2.93. The van der Waals surface area contributed by atoms with Crippen molar-refractivity contribution in [1.82, 2.24) is 16.0 Å². The molecule has 1 unspecified atom stereocenters. The van der Waals surface area contributed by atoms with Crippen LogP contribution in [0.2, 0.25) is 0 Å². The maximum atomic E-state index is 11.8. The number of benzene rings is 1. The summed E-state index contributed by atoms with van der Waals surface area (Å²) in [5, 5.41) is 9.43. The van der Waals surface area contributed by atoms with Gasteiger partial charge in [-0.15, -0.1) is 35.7 Å². The number of aryl methyl sites for hydroxylation is 1. The summed E-state index contributed by atoms with van der Waals surface area (Å²) in [6.07, 6.45) is 3.47. The van der Waals surface area contributed by atoms with Crippen LogP contribution in [-0.4, -0.2) is 37.3 Å². The zero-order valence-corrected chi connectivity index (χ0v) is 19.7. The molecule has 0 saturated heterocycles. The summed E-state index contributed by atoms with van der Waals surface area (Å²) in [4.78, 5) is 17.7. The summed E-state index contributed by atoms with van der Waals surface area (Å²) in [5.41, 5.74) is 2.47. The maximum absolute atomic E-state index is 11.8. The number of carbonyl (C=O) groups is 1. The lowest BCUT2D eigenvalue weighted by atomic mass is 10.1. The first-order valence-corrected chi connectivity index (χ1v) is 10.2. The number of hydrogen-bond acceptors (Lipinski definition) is 3. The highest BCUT2D eigenvalue weighted by atomic mass is 127. The number of nitrogens with zero attached hydrogens (tertiary/aromatic N) is 1. The lowest BCUT2D eigenvalue weighted by molar-refractivity contribution is -0.121. The molecule has 1 rings (SSSR count). The summed E-state index contributed by atoms with van der Waals surface area (Å²) < 4.78 is 0. The minimum absolute atomic E-state index is 0. The molecule has 1 aromatic rings. The van der Waals surface area contributed by atoms with Crippen LogP contribution in [-0.2, 0) is 11.3 Å². The molecule has 3 N–H and O–H groups in total. The Morgan fingerprint density at radius 2 is 2.00 bits per heavy atom. The molecule has 0 aliphatic heterocycles. The van der Waals surface area contributed by atoms with E-state index < -0.39 is 0 Å². The average molecular weight is 492 g/mol. The van der Waals surface area contributed by atoms with Crippen molar-refractivity contribution in [3.8, 4) is 0 Å². The quantitative estimate of drug-likeness (QED) is 0.213. The van der Waals surface area contributed by atoms with Gasteiger partial charge >= 0.3 is 0 Å². The van der Waals surface area contributed by atoms with Crippen molar-refractivity contribution in [3.05, 3.63) is 29.3 Å². The highest BCUT2D eigenvalue weighted by Gasteiger charge is 2.06. The second-order valence-electron chi connectivity index (χ2n) is 6.06. The van der Waals surface area contributed by atoms with Gasteiger partial charge in [-0.25, -0.2) is 4.99 Å². The summed E-state index contributed by atoms with van der Waals surface area (Å²) >= 11 is 1.74. The van der Waals surface area contributed by atoms with Crippen LogP contribution in [0.15, 0.2) is 28.1 Å². The van der Waals surface area contributed by atoms with E-state index in [0.29, 0.717) is 19.5 Å². The minimum atomic E-state index is 0. The molecule has 0 bridgehead atoms. The SMILES string of the molecule is CCNC(=NCc1ccc(C)cc1SC)NCCC(=O)NC(C)CC.I. The molecule has 0 aliphatic carbocycles. The lowest BCUT2D eigenvalue weighted by Crippen LogP contribution is -2.40. The number of aliphatic imine (C=N–C) groups is 1. The van der Waals surface area contributed by atoms with Crippen molar-refractivity contribution < 1.29 is 4.79 Å². The highest BCUT2D eigenvalue weighted by molar-refractivity contribution is 14.0. The van der Waals surface area contributed by atoms with E-state index in [4.69, 9.17) is 0 Å². The second-order valence-corrected chi connectivity index (χ2v) is 6.91. The predicted octanol–water partition coefficient (Wildman–Crippen LogP) is 3.69. The first-order valence-electron chi connectivity index (χ1n) is 8.95. The Balaban J connectivity index is 0.00000625. The fourth-order valence-electron chi connectivity index (χ4n) is 2.23. The Morgan fingerprint density at radius 3 is 2.62 bits per heavy atom. The van der Waals surface area contributed by atoms with Crippen LogP contribution in [0.1, 0.15) is 44.7 Å². The van der Waals surface area contributed by atoms with Gasteiger partial charge in [0.1, 0.15) is 0 Å². The molecule has 5 nitrogen and oxygen atoms in total. The van der Waals surface area contributed by atoms with Crippen LogP contribution >= 0.6 is 35.7 Å². The van der Waals surface area contributed by atoms with Gasteiger partial charge in [-0.3, -0.25) is 4.79 Å². The molecule has 26 heavy (non-hydrogen) atoms. The molecule has 1 atom stereocenters. The van der Waals surface area contributed by atoms with Gasteiger partial charge in [0.05, 0.1) is 6.54 Å². The Hall–Kier alpha value is -0.960. The Kier molecular flexibility index (Phi) is 13.6. The third kappa shape index (κ3) is 9.66. The van der Waals surface area contributed by atoms with Gasteiger partial charge in [-0.2, -0.15) is 0 Å². The van der Waals surface area contributed by atoms with Crippen LogP contribution in [0, 0.1) is 6.92 Å². The van der Waals surface area contributed by atoms with Crippen LogP contribution in [0.5, 0.6) is 0 Å². The number of amides is 1. The lowest BCUT2D eigenvalue weighted by Gasteiger charge is -2.14. The van der Waals surface area contributed by atoms with E-state index in [2.05, 4.69) is 59.2 Å². The Labute approximate surface area is 179 Å². The minimum Gasteiger partial charge on any atom is -0.357 e. The smallest absolute Gasteiger partial charge is 0.221 e. The topological polar surface area (TPSA) is 65.5 Å². The van der Waals surface area contributed by atoms with E-state index in [0.717, 1.165) is 18.9 Å². The van der Waals surface area contributed by atoms with Gasteiger partial charge < -0.3 is 16.0 Å². The third-order valence-corrected chi connectivity index (χ3v) is 4.68. The van der Waals surface area contributed by atoms with Gasteiger partial charge in [0.25, 0.3) is 0 Å².